The largest absolute Gasteiger partial charge is 0.309 e. The van der Waals surface area contributed by atoms with Gasteiger partial charge in [0, 0.05) is 33.1 Å². The molecule has 8 aromatic rings. The Balaban J connectivity index is 1.18. The smallest absolute Gasteiger partial charge is 0.0547 e. The first-order valence-electron chi connectivity index (χ1n) is 15.4. The lowest BCUT2D eigenvalue weighted by molar-refractivity contribution is 1.11. The first kappa shape index (κ1) is 25.4. The zero-order valence-electron chi connectivity index (χ0n) is 24.6. The highest BCUT2D eigenvalue weighted by molar-refractivity contribution is 6.10. The van der Waals surface area contributed by atoms with E-state index in [1.165, 1.54) is 71.9 Å². The van der Waals surface area contributed by atoms with E-state index < -0.39 is 0 Å². The van der Waals surface area contributed by atoms with E-state index in [1.54, 1.807) is 0 Å². The van der Waals surface area contributed by atoms with Crippen molar-refractivity contribution >= 4 is 44.9 Å². The fourth-order valence-corrected chi connectivity index (χ4v) is 6.90. The van der Waals surface area contributed by atoms with E-state index in [1.807, 2.05) is 6.08 Å². The van der Waals surface area contributed by atoms with Gasteiger partial charge in [0.2, 0.25) is 0 Å². The van der Waals surface area contributed by atoms with Crippen LogP contribution in [0.4, 0.5) is 0 Å². The summed E-state index contributed by atoms with van der Waals surface area (Å²) in [4.78, 5) is 0. The van der Waals surface area contributed by atoms with Gasteiger partial charge in [-0.25, -0.2) is 0 Å². The van der Waals surface area contributed by atoms with Gasteiger partial charge in [-0.15, -0.1) is 5.73 Å². The van der Waals surface area contributed by atoms with E-state index in [4.69, 9.17) is 0 Å². The van der Waals surface area contributed by atoms with E-state index in [-0.39, 0.29) is 0 Å². The Kier molecular flexibility index (Phi) is 5.81. The van der Waals surface area contributed by atoms with Crippen molar-refractivity contribution in [2.45, 2.75) is 0 Å². The van der Waals surface area contributed by atoms with Crippen LogP contribution in [0.5, 0.6) is 0 Å². The molecule has 2 aromatic heterocycles. The molecule has 0 saturated carbocycles. The Morgan fingerprint density at radius 1 is 0.422 bits per heavy atom. The van der Waals surface area contributed by atoms with Crippen molar-refractivity contribution in [3.05, 3.63) is 175 Å². The highest BCUT2D eigenvalue weighted by Crippen LogP contribution is 2.38. The van der Waals surface area contributed by atoms with Gasteiger partial charge in [-0.3, -0.25) is 0 Å². The molecule has 6 aromatic carbocycles. The van der Waals surface area contributed by atoms with Crippen LogP contribution in [0, 0.1) is 0 Å². The standard InChI is InChI=1S/C43H28N2/c1-4-15-34(16-5-1)44-40-21-9-3-8-19-36(40)38-28-32(23-25-42(38)44)30-13-12-14-31(27-30)33-24-26-43-39(29-33)37-20-10-11-22-41(37)45(43)35-17-6-2-7-18-35/h1-7,9-29H. The highest BCUT2D eigenvalue weighted by atomic mass is 15.0. The highest BCUT2D eigenvalue weighted by Gasteiger charge is 2.17. The molecule has 2 heterocycles. The third kappa shape index (κ3) is 4.12. The first-order valence-corrected chi connectivity index (χ1v) is 15.4. The molecule has 1 aliphatic rings. The maximum absolute atomic E-state index is 3.34. The number of rotatable bonds is 4. The normalized spacial score (nSPS) is 12.3. The van der Waals surface area contributed by atoms with Crippen LogP contribution in [0.1, 0.15) is 11.3 Å². The third-order valence-corrected chi connectivity index (χ3v) is 8.95. The molecule has 9 rings (SSSR count). The quantitative estimate of drug-likeness (QED) is 0.186. The molecule has 0 atom stereocenters. The average molecular weight is 573 g/mol. The van der Waals surface area contributed by atoms with Crippen LogP contribution in [0.25, 0.3) is 78.5 Å². The molecule has 0 bridgehead atoms. The van der Waals surface area contributed by atoms with Gasteiger partial charge in [-0.2, -0.15) is 0 Å². The summed E-state index contributed by atoms with van der Waals surface area (Å²) in [5, 5.41) is 3.75. The third-order valence-electron chi connectivity index (χ3n) is 8.95. The van der Waals surface area contributed by atoms with Crippen molar-refractivity contribution < 1.29 is 0 Å². The topological polar surface area (TPSA) is 9.86 Å². The number of nitrogens with zero attached hydrogens (tertiary/aromatic N) is 2. The van der Waals surface area contributed by atoms with Gasteiger partial charge in [0.25, 0.3) is 0 Å². The molecular weight excluding hydrogens is 544 g/mol. The predicted molar refractivity (Wildman–Crippen MR) is 190 cm³/mol. The second kappa shape index (κ2) is 10.3. The maximum atomic E-state index is 3.34. The summed E-state index contributed by atoms with van der Waals surface area (Å²) in [6, 6.07) is 52.6. The monoisotopic (exact) mass is 572 g/mol. The Morgan fingerprint density at radius 2 is 1.00 bits per heavy atom. The molecule has 0 radical (unpaired) electrons. The van der Waals surface area contributed by atoms with Crippen molar-refractivity contribution in [3.63, 3.8) is 0 Å². The van der Waals surface area contributed by atoms with Crippen LogP contribution in [-0.4, -0.2) is 9.13 Å². The van der Waals surface area contributed by atoms with Gasteiger partial charge < -0.3 is 9.13 Å². The minimum absolute atomic E-state index is 1.16. The van der Waals surface area contributed by atoms with E-state index in [9.17, 15) is 0 Å². The lowest BCUT2D eigenvalue weighted by Crippen LogP contribution is -1.96. The summed E-state index contributed by atoms with van der Waals surface area (Å²) >= 11 is 0. The fraction of sp³-hybridized carbons (Fsp3) is 0. The van der Waals surface area contributed by atoms with E-state index >= 15 is 0 Å². The van der Waals surface area contributed by atoms with Crippen LogP contribution >= 0.6 is 0 Å². The minimum atomic E-state index is 1.16. The van der Waals surface area contributed by atoms with E-state index in [0.29, 0.717) is 0 Å². The first-order chi connectivity index (χ1) is 22.3. The molecule has 0 spiro atoms. The van der Waals surface area contributed by atoms with Crippen LogP contribution in [0.2, 0.25) is 0 Å². The van der Waals surface area contributed by atoms with Crippen LogP contribution in [0.15, 0.2) is 163 Å². The molecule has 0 unspecified atom stereocenters. The van der Waals surface area contributed by atoms with Crippen molar-refractivity contribution in [2.24, 2.45) is 0 Å². The van der Waals surface area contributed by atoms with Crippen molar-refractivity contribution in [2.75, 3.05) is 0 Å². The van der Waals surface area contributed by atoms with Crippen LogP contribution in [-0.2, 0) is 0 Å². The van der Waals surface area contributed by atoms with E-state index in [0.717, 1.165) is 5.69 Å². The van der Waals surface area contributed by atoms with E-state index in [2.05, 4.69) is 179 Å². The molecule has 1 aliphatic carbocycles. The lowest BCUT2D eigenvalue weighted by Gasteiger charge is -2.10. The fourth-order valence-electron chi connectivity index (χ4n) is 6.90. The molecule has 210 valence electrons. The number of fused-ring (bicyclic) bond motifs is 6. The van der Waals surface area contributed by atoms with Gasteiger partial charge in [-0.05, 0) is 101 Å². The number of hydrogen-bond acceptors (Lipinski definition) is 0. The second-order valence-corrected chi connectivity index (χ2v) is 11.5. The average Bonchev–Trinajstić information content (AvgIpc) is 3.48. The molecule has 0 amide bonds. The molecule has 0 N–H and O–H groups in total. The molecule has 0 aliphatic heterocycles. The summed E-state index contributed by atoms with van der Waals surface area (Å²) < 4.78 is 4.71. The zero-order chi connectivity index (χ0) is 29.7. The number of aromatic nitrogens is 2. The molecule has 2 nitrogen and oxygen atoms in total. The number of para-hydroxylation sites is 3. The molecule has 2 heteroatoms. The van der Waals surface area contributed by atoms with Crippen molar-refractivity contribution in [1.82, 2.24) is 9.13 Å². The Labute approximate surface area is 261 Å². The summed E-state index contributed by atoms with van der Waals surface area (Å²) in [6.07, 6.45) is 8.34. The minimum Gasteiger partial charge on any atom is -0.309 e. The lowest BCUT2D eigenvalue weighted by atomic mass is 9.97. The summed E-state index contributed by atoms with van der Waals surface area (Å²) in [6.45, 7) is 0. The summed E-state index contributed by atoms with van der Waals surface area (Å²) in [7, 11) is 0. The predicted octanol–water partition coefficient (Wildman–Crippen LogP) is 11.3. The summed E-state index contributed by atoms with van der Waals surface area (Å²) in [5.41, 5.74) is 16.5. The maximum Gasteiger partial charge on any atom is 0.0547 e. The number of hydrogen-bond donors (Lipinski definition) is 0. The number of benzene rings is 6. The van der Waals surface area contributed by atoms with Crippen LogP contribution < -0.4 is 0 Å². The van der Waals surface area contributed by atoms with Crippen molar-refractivity contribution in [1.29, 1.82) is 0 Å². The van der Waals surface area contributed by atoms with Gasteiger partial charge in [0.1, 0.15) is 0 Å². The molecular formula is C43H28N2. The summed E-state index contributed by atoms with van der Waals surface area (Å²) in [5.74, 6) is 0. The van der Waals surface area contributed by atoms with Gasteiger partial charge >= 0.3 is 0 Å². The second-order valence-electron chi connectivity index (χ2n) is 11.5. The number of allylic oxidation sites excluding steroid dienone is 2. The van der Waals surface area contributed by atoms with Gasteiger partial charge in [-0.1, -0.05) is 91.0 Å². The Hall–Kier alpha value is -6.08. The van der Waals surface area contributed by atoms with Crippen LogP contribution in [0.3, 0.4) is 0 Å². The molecule has 45 heavy (non-hydrogen) atoms. The van der Waals surface area contributed by atoms with Gasteiger partial charge in [0.15, 0.2) is 0 Å². The molecule has 0 saturated heterocycles. The Bertz CT molecular complexity index is 2500. The SMILES string of the molecule is C1=CC=Cc2c(c3cc(-c4cccc(-c5ccc6c(c5)c5ccccc5n6-c5ccccc5)c4)ccc3n2-c2ccccc2)C=1. The van der Waals surface area contributed by atoms with Gasteiger partial charge in [0.05, 0.1) is 22.2 Å². The zero-order valence-corrected chi connectivity index (χ0v) is 24.6. The Morgan fingerprint density at radius 3 is 1.73 bits per heavy atom. The molecule has 0 fully saturated rings. The van der Waals surface area contributed by atoms with Crippen molar-refractivity contribution in [3.8, 4) is 33.6 Å².